The van der Waals surface area contributed by atoms with Gasteiger partial charge < -0.3 is 10.1 Å². The summed E-state index contributed by atoms with van der Waals surface area (Å²) < 4.78 is 6.81. The number of nitrogens with one attached hydrogen (secondary N) is 1. The van der Waals surface area contributed by atoms with Crippen molar-refractivity contribution in [2.75, 3.05) is 12.4 Å². The number of anilines is 1. The highest BCUT2D eigenvalue weighted by Gasteiger charge is 2.16. The van der Waals surface area contributed by atoms with E-state index in [9.17, 15) is 4.79 Å². The van der Waals surface area contributed by atoms with Crippen LogP contribution in [0.25, 0.3) is 0 Å². The van der Waals surface area contributed by atoms with E-state index in [2.05, 4.69) is 37.2 Å². The molecule has 2 aromatic carbocycles. The Labute approximate surface area is 134 Å². The van der Waals surface area contributed by atoms with Gasteiger partial charge in [0, 0.05) is 10.2 Å². The number of ether oxygens (including phenoxy) is 1. The maximum Gasteiger partial charge on any atom is 0.259 e. The number of amides is 1. The lowest BCUT2D eigenvalue weighted by atomic mass is 10.1. The van der Waals surface area contributed by atoms with Crippen LogP contribution in [0, 0.1) is 6.92 Å². The fraction of sp³-hybridized carbons (Fsp3) is 0.133. The Bertz CT molecular complexity index is 639. The highest BCUT2D eigenvalue weighted by Crippen LogP contribution is 2.33. The van der Waals surface area contributed by atoms with Gasteiger partial charge in [-0.1, -0.05) is 33.6 Å². The first-order chi connectivity index (χ1) is 9.51. The topological polar surface area (TPSA) is 38.3 Å². The normalized spacial score (nSPS) is 10.2. The molecule has 0 spiro atoms. The average Bonchev–Trinajstić information content (AvgIpc) is 2.40. The molecule has 0 heterocycles. The zero-order valence-electron chi connectivity index (χ0n) is 11.0. The largest absolute Gasteiger partial charge is 0.495 e. The Balaban J connectivity index is 2.31. The predicted molar refractivity (Wildman–Crippen MR) is 87.5 cm³/mol. The lowest BCUT2D eigenvalue weighted by molar-refractivity contribution is 0.102. The zero-order chi connectivity index (χ0) is 14.7. The lowest BCUT2D eigenvalue weighted by Gasteiger charge is -2.12. The molecule has 20 heavy (non-hydrogen) atoms. The highest BCUT2D eigenvalue weighted by atomic mass is 79.9. The first-order valence-electron chi connectivity index (χ1n) is 5.92. The second kappa shape index (κ2) is 6.41. The van der Waals surface area contributed by atoms with E-state index in [1.807, 2.05) is 37.3 Å². The summed E-state index contributed by atoms with van der Waals surface area (Å²) in [6.45, 7) is 2.00. The minimum atomic E-state index is -0.215. The molecule has 0 radical (unpaired) electrons. The number of rotatable bonds is 3. The van der Waals surface area contributed by atoms with E-state index in [1.54, 1.807) is 6.07 Å². The van der Waals surface area contributed by atoms with Crippen LogP contribution in [0.5, 0.6) is 5.75 Å². The molecule has 0 fully saturated rings. The van der Waals surface area contributed by atoms with Crippen LogP contribution in [0.3, 0.4) is 0 Å². The maximum atomic E-state index is 12.4. The molecule has 0 aliphatic rings. The molecule has 0 aliphatic carbocycles. The highest BCUT2D eigenvalue weighted by molar-refractivity contribution is 9.11. The van der Waals surface area contributed by atoms with Crippen LogP contribution in [-0.2, 0) is 0 Å². The van der Waals surface area contributed by atoms with Gasteiger partial charge in [-0.3, -0.25) is 4.79 Å². The Hall–Kier alpha value is -1.33. The number of halogens is 2. The molecule has 0 saturated heterocycles. The zero-order valence-corrected chi connectivity index (χ0v) is 14.2. The van der Waals surface area contributed by atoms with Gasteiger partial charge in [-0.05, 0) is 47.1 Å². The predicted octanol–water partition coefficient (Wildman–Crippen LogP) is 4.78. The first-order valence-corrected chi connectivity index (χ1v) is 7.51. The van der Waals surface area contributed by atoms with E-state index in [4.69, 9.17) is 4.74 Å². The summed E-state index contributed by atoms with van der Waals surface area (Å²) in [5, 5.41) is 2.85. The monoisotopic (exact) mass is 397 g/mol. The molecular formula is C15H13Br2NO2. The van der Waals surface area contributed by atoms with E-state index >= 15 is 0 Å². The lowest BCUT2D eigenvalue weighted by Crippen LogP contribution is -2.13. The SMILES string of the molecule is COc1c(Br)cc(Br)cc1C(=O)Nc1ccc(C)cc1. The Kier molecular flexibility index (Phi) is 4.83. The molecule has 0 atom stereocenters. The summed E-state index contributed by atoms with van der Waals surface area (Å²) >= 11 is 6.76. The quantitative estimate of drug-likeness (QED) is 0.807. The average molecular weight is 399 g/mol. The van der Waals surface area contributed by atoms with Crippen molar-refractivity contribution in [3.8, 4) is 5.75 Å². The molecule has 0 saturated carbocycles. The molecule has 3 nitrogen and oxygen atoms in total. The van der Waals surface area contributed by atoms with Gasteiger partial charge in [0.1, 0.15) is 5.75 Å². The summed E-state index contributed by atoms with van der Waals surface area (Å²) in [6, 6.07) is 11.2. The number of methoxy groups -OCH3 is 1. The molecular weight excluding hydrogens is 386 g/mol. The van der Waals surface area contributed by atoms with Gasteiger partial charge in [-0.25, -0.2) is 0 Å². The smallest absolute Gasteiger partial charge is 0.259 e. The van der Waals surface area contributed by atoms with Crippen molar-refractivity contribution < 1.29 is 9.53 Å². The van der Waals surface area contributed by atoms with E-state index in [-0.39, 0.29) is 5.91 Å². The third-order valence-corrected chi connectivity index (χ3v) is 3.81. The summed E-state index contributed by atoms with van der Waals surface area (Å²) in [5.41, 5.74) is 2.36. The molecule has 5 heteroatoms. The number of carbonyl (C=O) groups is 1. The van der Waals surface area contributed by atoms with Crippen molar-refractivity contribution in [2.45, 2.75) is 6.92 Å². The van der Waals surface area contributed by atoms with Crippen LogP contribution in [0.1, 0.15) is 15.9 Å². The van der Waals surface area contributed by atoms with E-state index < -0.39 is 0 Å². The third-order valence-electron chi connectivity index (χ3n) is 2.77. The van der Waals surface area contributed by atoms with Gasteiger partial charge >= 0.3 is 0 Å². The van der Waals surface area contributed by atoms with Crippen molar-refractivity contribution in [2.24, 2.45) is 0 Å². The fourth-order valence-electron chi connectivity index (χ4n) is 1.77. The third kappa shape index (κ3) is 3.41. The second-order valence-electron chi connectivity index (χ2n) is 4.29. The van der Waals surface area contributed by atoms with Crippen molar-refractivity contribution in [3.05, 3.63) is 56.5 Å². The Morgan fingerprint density at radius 2 is 1.80 bits per heavy atom. The van der Waals surface area contributed by atoms with E-state index in [0.29, 0.717) is 11.3 Å². The van der Waals surface area contributed by atoms with Gasteiger partial charge in [0.05, 0.1) is 17.1 Å². The van der Waals surface area contributed by atoms with Crippen LogP contribution < -0.4 is 10.1 Å². The molecule has 1 amide bonds. The summed E-state index contributed by atoms with van der Waals surface area (Å²) in [6.07, 6.45) is 0. The summed E-state index contributed by atoms with van der Waals surface area (Å²) in [5.74, 6) is 0.297. The summed E-state index contributed by atoms with van der Waals surface area (Å²) in [7, 11) is 1.54. The molecule has 104 valence electrons. The van der Waals surface area contributed by atoms with Crippen LogP contribution in [-0.4, -0.2) is 13.0 Å². The molecule has 1 N–H and O–H groups in total. The first kappa shape index (κ1) is 15.1. The fourth-order valence-corrected chi connectivity index (χ4v) is 3.16. The van der Waals surface area contributed by atoms with Gasteiger partial charge in [-0.15, -0.1) is 0 Å². The minimum absolute atomic E-state index is 0.215. The number of hydrogen-bond donors (Lipinski definition) is 1. The van der Waals surface area contributed by atoms with Crippen molar-refractivity contribution >= 4 is 43.5 Å². The number of benzene rings is 2. The second-order valence-corrected chi connectivity index (χ2v) is 6.06. The molecule has 0 bridgehead atoms. The van der Waals surface area contributed by atoms with Crippen LogP contribution in [0.2, 0.25) is 0 Å². The van der Waals surface area contributed by atoms with Gasteiger partial charge in [-0.2, -0.15) is 0 Å². The molecule has 0 aliphatic heterocycles. The van der Waals surface area contributed by atoms with Crippen LogP contribution >= 0.6 is 31.9 Å². The molecule has 0 aromatic heterocycles. The number of aryl methyl sites for hydroxylation is 1. The molecule has 2 aromatic rings. The van der Waals surface area contributed by atoms with Gasteiger partial charge in [0.15, 0.2) is 0 Å². The van der Waals surface area contributed by atoms with Crippen molar-refractivity contribution in [1.29, 1.82) is 0 Å². The van der Waals surface area contributed by atoms with E-state index in [0.717, 1.165) is 20.2 Å². The Morgan fingerprint density at radius 3 is 2.40 bits per heavy atom. The van der Waals surface area contributed by atoms with Crippen LogP contribution in [0.4, 0.5) is 5.69 Å². The van der Waals surface area contributed by atoms with Crippen molar-refractivity contribution in [1.82, 2.24) is 0 Å². The number of hydrogen-bond acceptors (Lipinski definition) is 2. The number of carbonyl (C=O) groups excluding carboxylic acids is 1. The Morgan fingerprint density at radius 1 is 1.15 bits per heavy atom. The molecule has 0 unspecified atom stereocenters. The van der Waals surface area contributed by atoms with E-state index in [1.165, 1.54) is 7.11 Å². The minimum Gasteiger partial charge on any atom is -0.495 e. The molecule has 2 rings (SSSR count). The maximum absolute atomic E-state index is 12.4. The van der Waals surface area contributed by atoms with Gasteiger partial charge in [0.2, 0.25) is 0 Å². The van der Waals surface area contributed by atoms with Gasteiger partial charge in [0.25, 0.3) is 5.91 Å². The summed E-state index contributed by atoms with van der Waals surface area (Å²) in [4.78, 5) is 12.4. The van der Waals surface area contributed by atoms with Crippen LogP contribution in [0.15, 0.2) is 45.3 Å². The standard InChI is InChI=1S/C15H13Br2NO2/c1-9-3-5-11(6-4-9)18-15(19)12-7-10(16)8-13(17)14(12)20-2/h3-8H,1-2H3,(H,18,19). The van der Waals surface area contributed by atoms with Crippen molar-refractivity contribution in [3.63, 3.8) is 0 Å².